The molecule has 0 saturated carbocycles. The standard InChI is InChI=1S/C13H14ClN3OS/c1-2-3-10-6-12(18)17-13(16-10)19-8-9-4-5-11(14)15-7-9/h4-7H,2-3,8H2,1H3,(H,16,17,18). The molecule has 0 spiro atoms. The van der Waals surface area contributed by atoms with Crippen LogP contribution in [0, 0.1) is 0 Å². The average Bonchev–Trinajstić information content (AvgIpc) is 2.38. The summed E-state index contributed by atoms with van der Waals surface area (Å²) >= 11 is 7.20. The number of hydrogen-bond acceptors (Lipinski definition) is 5. The summed E-state index contributed by atoms with van der Waals surface area (Å²) in [5.74, 6) is 0.717. The number of pyridine rings is 1. The maximum atomic E-state index is 9.56. The number of nitrogens with zero attached hydrogens (tertiary/aromatic N) is 3. The van der Waals surface area contributed by atoms with Gasteiger partial charge in [0.2, 0.25) is 5.88 Å². The molecule has 0 amide bonds. The highest BCUT2D eigenvalue weighted by Gasteiger charge is 2.05. The maximum Gasteiger partial charge on any atom is 0.215 e. The number of aromatic nitrogens is 3. The monoisotopic (exact) mass is 295 g/mol. The molecule has 0 aliphatic heterocycles. The van der Waals surface area contributed by atoms with E-state index in [0.29, 0.717) is 16.1 Å². The highest BCUT2D eigenvalue weighted by Crippen LogP contribution is 2.22. The molecule has 0 aliphatic carbocycles. The Hall–Kier alpha value is -1.33. The van der Waals surface area contributed by atoms with Crippen LogP contribution in [0.2, 0.25) is 5.15 Å². The normalized spacial score (nSPS) is 10.6. The lowest BCUT2D eigenvalue weighted by Gasteiger charge is -2.04. The fraction of sp³-hybridized carbons (Fsp3) is 0.308. The third kappa shape index (κ3) is 4.36. The minimum Gasteiger partial charge on any atom is -0.493 e. The van der Waals surface area contributed by atoms with Gasteiger partial charge in [-0.3, -0.25) is 0 Å². The topological polar surface area (TPSA) is 58.9 Å². The summed E-state index contributed by atoms with van der Waals surface area (Å²) in [4.78, 5) is 12.4. The van der Waals surface area contributed by atoms with Gasteiger partial charge in [-0.25, -0.2) is 9.97 Å². The van der Waals surface area contributed by atoms with Crippen molar-refractivity contribution in [3.8, 4) is 5.88 Å². The molecule has 0 fully saturated rings. The van der Waals surface area contributed by atoms with Crippen LogP contribution in [0.25, 0.3) is 0 Å². The summed E-state index contributed by atoms with van der Waals surface area (Å²) in [7, 11) is 0. The molecular formula is C13H14ClN3OS. The number of aryl methyl sites for hydroxylation is 1. The second-order valence-corrected chi connectivity index (χ2v) is 5.36. The molecule has 2 aromatic heterocycles. The lowest BCUT2D eigenvalue weighted by atomic mass is 10.2. The fourth-order valence-corrected chi connectivity index (χ4v) is 2.47. The van der Waals surface area contributed by atoms with Crippen molar-refractivity contribution in [2.24, 2.45) is 0 Å². The van der Waals surface area contributed by atoms with Crippen LogP contribution in [0.3, 0.4) is 0 Å². The molecule has 100 valence electrons. The lowest BCUT2D eigenvalue weighted by Crippen LogP contribution is -1.95. The third-order valence-electron chi connectivity index (χ3n) is 2.41. The number of hydrogen-bond donors (Lipinski definition) is 1. The van der Waals surface area contributed by atoms with Crippen molar-refractivity contribution < 1.29 is 5.11 Å². The van der Waals surface area contributed by atoms with E-state index >= 15 is 0 Å². The van der Waals surface area contributed by atoms with Crippen LogP contribution in [0.5, 0.6) is 5.88 Å². The van der Waals surface area contributed by atoms with Crippen LogP contribution in [0.4, 0.5) is 0 Å². The first kappa shape index (κ1) is 14.1. The molecular weight excluding hydrogens is 282 g/mol. The largest absolute Gasteiger partial charge is 0.493 e. The average molecular weight is 296 g/mol. The highest BCUT2D eigenvalue weighted by molar-refractivity contribution is 7.98. The van der Waals surface area contributed by atoms with E-state index in [4.69, 9.17) is 11.6 Å². The molecule has 0 bridgehead atoms. The molecule has 2 heterocycles. The van der Waals surface area contributed by atoms with Gasteiger partial charge in [-0.05, 0) is 18.1 Å². The van der Waals surface area contributed by atoms with Gasteiger partial charge in [0.1, 0.15) is 5.15 Å². The zero-order valence-corrected chi connectivity index (χ0v) is 12.1. The minimum absolute atomic E-state index is 0.0233. The van der Waals surface area contributed by atoms with Crippen molar-refractivity contribution >= 4 is 23.4 Å². The predicted octanol–water partition coefficient (Wildman–Crippen LogP) is 3.48. The number of halogens is 1. The molecule has 0 radical (unpaired) electrons. The molecule has 0 aromatic carbocycles. The van der Waals surface area contributed by atoms with E-state index in [1.165, 1.54) is 11.8 Å². The molecule has 4 nitrogen and oxygen atoms in total. The van der Waals surface area contributed by atoms with Crippen molar-refractivity contribution in [2.75, 3.05) is 0 Å². The molecule has 19 heavy (non-hydrogen) atoms. The van der Waals surface area contributed by atoms with E-state index in [2.05, 4.69) is 21.9 Å². The predicted molar refractivity (Wildman–Crippen MR) is 76.5 cm³/mol. The smallest absolute Gasteiger partial charge is 0.215 e. The van der Waals surface area contributed by atoms with Crippen molar-refractivity contribution in [3.05, 3.63) is 40.8 Å². The molecule has 6 heteroatoms. The molecule has 2 aromatic rings. The second-order valence-electron chi connectivity index (χ2n) is 4.03. The quantitative estimate of drug-likeness (QED) is 0.520. The number of rotatable bonds is 5. The Kier molecular flexibility index (Phi) is 4.99. The molecule has 2 rings (SSSR count). The highest BCUT2D eigenvalue weighted by atomic mass is 35.5. The SMILES string of the molecule is CCCc1cc(O)nc(SCc2ccc(Cl)nc2)n1. The van der Waals surface area contributed by atoms with Gasteiger partial charge < -0.3 is 5.11 Å². The first-order valence-corrected chi connectivity index (χ1v) is 7.34. The van der Waals surface area contributed by atoms with Gasteiger partial charge in [0, 0.05) is 23.7 Å². The first-order chi connectivity index (χ1) is 9.17. The summed E-state index contributed by atoms with van der Waals surface area (Å²) in [6.07, 6.45) is 3.55. The van der Waals surface area contributed by atoms with E-state index in [9.17, 15) is 5.11 Å². The van der Waals surface area contributed by atoms with Gasteiger partial charge in [0.15, 0.2) is 5.16 Å². The zero-order chi connectivity index (χ0) is 13.7. The van der Waals surface area contributed by atoms with Gasteiger partial charge >= 0.3 is 0 Å². The van der Waals surface area contributed by atoms with Gasteiger partial charge in [0.25, 0.3) is 0 Å². The first-order valence-electron chi connectivity index (χ1n) is 5.97. The van der Waals surface area contributed by atoms with Crippen molar-refractivity contribution in [2.45, 2.75) is 30.7 Å². The lowest BCUT2D eigenvalue weighted by molar-refractivity contribution is 0.443. The van der Waals surface area contributed by atoms with Gasteiger partial charge in [-0.2, -0.15) is 4.98 Å². The van der Waals surface area contributed by atoms with E-state index in [-0.39, 0.29) is 5.88 Å². The van der Waals surface area contributed by atoms with Crippen LogP contribution in [0.15, 0.2) is 29.6 Å². The van der Waals surface area contributed by atoms with E-state index in [1.54, 1.807) is 18.3 Å². The number of thioether (sulfide) groups is 1. The van der Waals surface area contributed by atoms with Crippen molar-refractivity contribution in [3.63, 3.8) is 0 Å². The Balaban J connectivity index is 2.04. The van der Waals surface area contributed by atoms with Gasteiger partial charge in [-0.15, -0.1) is 0 Å². The summed E-state index contributed by atoms with van der Waals surface area (Å²) in [5.41, 5.74) is 1.91. The fourth-order valence-electron chi connectivity index (χ4n) is 1.55. The Morgan fingerprint density at radius 2 is 2.16 bits per heavy atom. The minimum atomic E-state index is 0.0233. The third-order valence-corrected chi connectivity index (χ3v) is 3.55. The molecule has 0 atom stereocenters. The van der Waals surface area contributed by atoms with E-state index in [0.717, 1.165) is 24.1 Å². The van der Waals surface area contributed by atoms with Crippen LogP contribution in [-0.2, 0) is 12.2 Å². The van der Waals surface area contributed by atoms with Crippen LogP contribution in [0.1, 0.15) is 24.6 Å². The van der Waals surface area contributed by atoms with Crippen molar-refractivity contribution in [1.29, 1.82) is 0 Å². The molecule has 0 saturated heterocycles. The molecule has 0 aliphatic rings. The summed E-state index contributed by atoms with van der Waals surface area (Å²) in [6.45, 7) is 2.07. The Morgan fingerprint density at radius 1 is 1.32 bits per heavy atom. The second kappa shape index (κ2) is 6.73. The van der Waals surface area contributed by atoms with Gasteiger partial charge in [0.05, 0.1) is 0 Å². The van der Waals surface area contributed by atoms with Crippen LogP contribution >= 0.6 is 23.4 Å². The maximum absolute atomic E-state index is 9.56. The van der Waals surface area contributed by atoms with E-state index in [1.807, 2.05) is 6.07 Å². The zero-order valence-electron chi connectivity index (χ0n) is 10.5. The molecule has 0 unspecified atom stereocenters. The van der Waals surface area contributed by atoms with Crippen molar-refractivity contribution in [1.82, 2.24) is 15.0 Å². The Bertz CT molecular complexity index is 548. The van der Waals surface area contributed by atoms with Crippen LogP contribution < -0.4 is 0 Å². The van der Waals surface area contributed by atoms with Gasteiger partial charge in [-0.1, -0.05) is 42.8 Å². The Morgan fingerprint density at radius 3 is 2.84 bits per heavy atom. The van der Waals surface area contributed by atoms with E-state index < -0.39 is 0 Å². The molecule has 1 N–H and O–H groups in total. The summed E-state index contributed by atoms with van der Waals surface area (Å²) in [6, 6.07) is 5.28. The van der Waals surface area contributed by atoms with Crippen LogP contribution in [-0.4, -0.2) is 20.1 Å². The summed E-state index contributed by atoms with van der Waals surface area (Å²) in [5, 5.41) is 10.6. The Labute approximate surface area is 121 Å². The summed E-state index contributed by atoms with van der Waals surface area (Å²) < 4.78 is 0. The number of aromatic hydroxyl groups is 1.